The number of carbonyl (C=O) groups excluding carboxylic acids is 18. The molecule has 2 aromatic rings. The van der Waals surface area contributed by atoms with Crippen LogP contribution in [0.1, 0.15) is 135 Å². The molecule has 6 rings (SSSR count). The van der Waals surface area contributed by atoms with E-state index in [1.165, 1.54) is 34.6 Å². The number of thioether (sulfide) groups is 4. The van der Waals surface area contributed by atoms with E-state index in [0.717, 1.165) is 35.3 Å². The third-order valence-electron chi connectivity index (χ3n) is 21.6. The summed E-state index contributed by atoms with van der Waals surface area (Å²) in [6.07, 6.45) is -0.384. The van der Waals surface area contributed by atoms with Crippen LogP contribution in [0.3, 0.4) is 0 Å². The van der Waals surface area contributed by atoms with Gasteiger partial charge in [0.1, 0.15) is 96.7 Å². The minimum Gasteiger partial charge on any atom is -0.481 e. The number of H-pyrrole nitrogens is 1. The van der Waals surface area contributed by atoms with E-state index >= 15 is 38.4 Å². The number of aliphatic hydroxyl groups is 1. The van der Waals surface area contributed by atoms with Gasteiger partial charge in [0.05, 0.1) is 25.7 Å². The van der Waals surface area contributed by atoms with Gasteiger partial charge in [-0.25, -0.2) is 4.79 Å². The number of aromatic nitrogens is 1. The zero-order valence-corrected chi connectivity index (χ0v) is 77.2. The van der Waals surface area contributed by atoms with Crippen molar-refractivity contribution in [2.75, 3.05) is 48.5 Å². The van der Waals surface area contributed by atoms with Crippen LogP contribution in [0.25, 0.3) is 10.9 Å². The number of hydrogen-bond donors (Lipinski definition) is 23. The lowest BCUT2D eigenvalue weighted by Crippen LogP contribution is -2.63. The largest absolute Gasteiger partial charge is 0.481 e. The van der Waals surface area contributed by atoms with Gasteiger partial charge in [-0.3, -0.25) is 91.1 Å². The molecule has 21 atom stereocenters. The molecule has 18 amide bonds. The molecule has 4 aliphatic heterocycles. The molecule has 0 radical (unpaired) electrons. The lowest BCUT2D eigenvalue weighted by Gasteiger charge is -2.32. The van der Waals surface area contributed by atoms with Crippen molar-refractivity contribution >= 4 is 176 Å². The van der Waals surface area contributed by atoms with Gasteiger partial charge in [-0.1, -0.05) is 115 Å². The Hall–Kier alpha value is -10.5. The van der Waals surface area contributed by atoms with Crippen molar-refractivity contribution in [3.8, 4) is 0 Å². The third-order valence-corrected chi connectivity index (χ3v) is 26.7. The SMILES string of the molecule is CCC(C)[C@@H]1NC(=O)[C@@H]2NC(=O)[C@H](CC(C)C)NC(=O)[C@H](NC(=O)[C@H]3CSC[C@H](N)C(=O)N[C@@H](CO)C(=O)NCC(=O)N[C@@H](Cc4c[nH]c5ccccc45)C(=O)N[C@@H](C(C)C)C(=O)N3)[C@H](C)SC[C@H](NC(=O)[C@H](CCC(=O)O)NC1=O)C(=O)NCC(=O)N[C@@H]1C(=O)N[C@@H](CC(C)C)C(=O)N[C@@H](C(C)C)C(=O)N[C@@H](CS[C@H]2C)C(=O)N[C@@H](C)C(=O)N[C@H](C(=O)O)CS[C@H]1C. The van der Waals surface area contributed by atoms with Crippen molar-refractivity contribution in [1.82, 2.24) is 101 Å². The molecule has 47 heteroatoms. The number of carbonyl (C=O) groups is 20. The van der Waals surface area contributed by atoms with Crippen LogP contribution < -0.4 is 101 Å². The lowest BCUT2D eigenvalue weighted by atomic mass is 9.96. The van der Waals surface area contributed by atoms with Crippen LogP contribution in [0.4, 0.5) is 0 Å². The number of carboxylic acids is 2. The minimum atomic E-state index is -1.96. The quantitative estimate of drug-likeness (QED) is 0.0657. The summed E-state index contributed by atoms with van der Waals surface area (Å²) in [5.41, 5.74) is 7.55. The fourth-order valence-electron chi connectivity index (χ4n) is 13.8. The number of amides is 18. The van der Waals surface area contributed by atoms with Crippen LogP contribution in [-0.4, -0.2) is 305 Å². The van der Waals surface area contributed by atoms with Crippen molar-refractivity contribution < 1.29 is 111 Å². The number of rotatable bonds is 17. The molecule has 0 aliphatic carbocycles. The predicted octanol–water partition coefficient (Wildman–Crippen LogP) is -5.41. The van der Waals surface area contributed by atoms with Crippen LogP contribution >= 0.6 is 47.0 Å². The molecule has 710 valence electrons. The summed E-state index contributed by atoms with van der Waals surface area (Å²) < 4.78 is 0. The first-order chi connectivity index (χ1) is 60.2. The highest BCUT2D eigenvalue weighted by molar-refractivity contribution is 8.00. The summed E-state index contributed by atoms with van der Waals surface area (Å²) in [6.45, 7) is 18.6. The van der Waals surface area contributed by atoms with Gasteiger partial charge in [-0.05, 0) is 67.4 Å². The molecule has 1 aromatic heterocycles. The Bertz CT molecular complexity index is 4370. The van der Waals surface area contributed by atoms with Crippen molar-refractivity contribution in [3.63, 3.8) is 0 Å². The van der Waals surface area contributed by atoms with Crippen LogP contribution in [0.15, 0.2) is 30.5 Å². The summed E-state index contributed by atoms with van der Waals surface area (Å²) in [5.74, 6) is -28.6. The van der Waals surface area contributed by atoms with Gasteiger partial charge in [0.2, 0.25) is 106 Å². The zero-order valence-electron chi connectivity index (χ0n) is 73.9. The summed E-state index contributed by atoms with van der Waals surface area (Å²) in [5, 5.41) is 73.7. The van der Waals surface area contributed by atoms with Crippen LogP contribution in [0, 0.1) is 29.6 Å². The molecular formula is C81H124N20O23S4. The van der Waals surface area contributed by atoms with Crippen molar-refractivity contribution in [2.24, 2.45) is 35.3 Å². The number of hydrogen-bond acceptors (Lipinski definition) is 26. The van der Waals surface area contributed by atoms with Crippen molar-refractivity contribution in [1.29, 1.82) is 0 Å². The first-order valence-corrected chi connectivity index (χ1v) is 46.7. The predicted molar refractivity (Wildman–Crippen MR) is 475 cm³/mol. The molecule has 0 saturated carbocycles. The number of fused-ring (bicyclic) bond motifs is 19. The Morgan fingerprint density at radius 1 is 0.461 bits per heavy atom. The molecule has 0 spiro atoms. The number of carboxylic acid groups (broad SMARTS) is 2. The fraction of sp³-hybridized carbons (Fsp3) is 0.654. The van der Waals surface area contributed by atoms with Crippen molar-refractivity contribution in [3.05, 3.63) is 36.0 Å². The second kappa shape index (κ2) is 50.4. The molecule has 5 heterocycles. The Balaban J connectivity index is 1.60. The maximum atomic E-state index is 15.8. The van der Waals surface area contributed by atoms with Crippen LogP contribution in [-0.2, 0) is 102 Å². The van der Waals surface area contributed by atoms with E-state index in [0.29, 0.717) is 28.2 Å². The molecule has 4 bridgehead atoms. The number of aliphatic hydroxyl groups excluding tert-OH is 1. The molecule has 4 fully saturated rings. The topological polar surface area (TPSA) is 660 Å². The smallest absolute Gasteiger partial charge is 0.327 e. The highest BCUT2D eigenvalue weighted by Gasteiger charge is 2.44. The summed E-state index contributed by atoms with van der Waals surface area (Å²) >= 11 is 2.94. The first kappa shape index (κ1) is 106. The van der Waals surface area contributed by atoms with Gasteiger partial charge in [-0.2, -0.15) is 47.0 Å². The summed E-state index contributed by atoms with van der Waals surface area (Å²) in [4.78, 5) is 296. The Morgan fingerprint density at radius 2 is 0.945 bits per heavy atom. The highest BCUT2D eigenvalue weighted by Crippen LogP contribution is 2.26. The van der Waals surface area contributed by atoms with Gasteiger partial charge >= 0.3 is 11.9 Å². The fourth-order valence-corrected chi connectivity index (χ4v) is 18.2. The highest BCUT2D eigenvalue weighted by atomic mass is 32.2. The van der Waals surface area contributed by atoms with E-state index in [1.54, 1.807) is 92.8 Å². The van der Waals surface area contributed by atoms with Crippen molar-refractivity contribution in [2.45, 2.75) is 254 Å². The molecule has 1 aromatic carbocycles. The summed E-state index contributed by atoms with van der Waals surface area (Å²) in [6, 6.07) is -22.1. The van der Waals surface area contributed by atoms with Gasteiger partial charge in [-0.15, -0.1) is 0 Å². The number of para-hydroxylation sites is 1. The maximum absolute atomic E-state index is 15.8. The second-order valence-corrected chi connectivity index (χ2v) is 39.0. The number of aliphatic carboxylic acids is 2. The van der Waals surface area contributed by atoms with Crippen LogP contribution in [0.5, 0.6) is 0 Å². The first-order valence-electron chi connectivity index (χ1n) is 42.4. The molecular weight excluding hydrogens is 1750 g/mol. The van der Waals surface area contributed by atoms with E-state index in [2.05, 4.69) is 101 Å². The lowest BCUT2D eigenvalue weighted by molar-refractivity contribution is -0.141. The Kier molecular flexibility index (Phi) is 41.9. The van der Waals surface area contributed by atoms with E-state index in [9.17, 15) is 72.9 Å². The maximum Gasteiger partial charge on any atom is 0.327 e. The minimum absolute atomic E-state index is 0.106. The molecule has 24 N–H and O–H groups in total. The second-order valence-electron chi connectivity index (χ2n) is 33.7. The molecule has 4 aliphatic rings. The van der Waals surface area contributed by atoms with Gasteiger partial charge in [0, 0.05) is 74.5 Å². The molecule has 1 unspecified atom stereocenters. The number of nitrogens with one attached hydrogen (secondary N) is 19. The molecule has 128 heavy (non-hydrogen) atoms. The Morgan fingerprint density at radius 3 is 1.53 bits per heavy atom. The van der Waals surface area contributed by atoms with Gasteiger partial charge < -0.3 is 122 Å². The molecule has 4 saturated heterocycles. The Labute approximate surface area is 757 Å². The average Bonchev–Trinajstić information content (AvgIpc) is 1.63. The van der Waals surface area contributed by atoms with E-state index in [4.69, 9.17) is 5.73 Å². The van der Waals surface area contributed by atoms with E-state index in [1.807, 2.05) is 0 Å². The third kappa shape index (κ3) is 32.0. The standard InChI is InChI=1S/C81H124N20O23S4/c1-15-38(10)61-77(119)88-47(20-21-58(105)106)69(111)92-53-31-126-41(13)63(101-74(116)52-30-125-29-45(82)66(108)91-51(28-102)67(109)84-26-56(103)87-50(72(114)98-59(36(6)7)75(117)93-52)24-43-25-83-46-19-17-16-18-44(43)46)79(121)90-49(23-35(4)5)71(113)100-64(80(122)99-61)42(14)127-32-54-73(115)86-39(11)65(107)95-55(81(123)124)33-128-40(12)62(96-57(104)27-85-68(53)110)78(120)89-48(22-34(2)3)70(112)97-60(37(8)9)76(118)94-54/h16-19,25,34-42,45,47-55,59-64,83,102H,15,20-24,26-33,82H2,1-14H3,(H,84,109)(H,85,110)(H,86,115)(H,87,103)(H,88,119)(H,89,120)(H,90,121)(H,91,108)(H,92,111)(H,93,117)(H,94,118)(H,95,107)(H,96,104)(H,97,112)(H,98,114)(H,99,122)(H,100,113)(H,101,116)(H,105,106)(H,123,124)/t38?,39-,40-,41-,42-,45-,47-,48-,49-,50-,51-,52+,53-,54-,55-,59-,60-,61-,62-,63+,64+/m0/s1. The summed E-state index contributed by atoms with van der Waals surface area (Å²) in [7, 11) is 0. The van der Waals surface area contributed by atoms with E-state index < -0.39 is 322 Å². The monoisotopic (exact) mass is 1870 g/mol. The molecule has 43 nitrogen and oxygen atoms in total. The van der Waals surface area contributed by atoms with Gasteiger partial charge in [0.15, 0.2) is 0 Å². The van der Waals surface area contributed by atoms with E-state index in [-0.39, 0.29) is 31.6 Å². The number of benzene rings is 1. The number of aromatic amines is 1. The van der Waals surface area contributed by atoms with Crippen LogP contribution in [0.2, 0.25) is 0 Å². The average molecular weight is 1870 g/mol. The van der Waals surface area contributed by atoms with Gasteiger partial charge in [0.25, 0.3) is 0 Å². The number of nitrogens with two attached hydrogens (primary N) is 1. The normalized spacial score (nSPS) is 29.8. The zero-order chi connectivity index (χ0) is 95.4.